The molecule has 1 aromatic rings. The molecule has 0 saturated carbocycles. The number of aliphatic carboxylic acids is 1. The molecule has 0 aliphatic carbocycles. The van der Waals surface area contributed by atoms with Crippen LogP contribution in [0.1, 0.15) is 84.3 Å². The Kier molecular flexibility index (Phi) is 10.2. The Hall–Kier alpha value is -2.38. The number of carboxylic acid groups (broad SMARTS) is 1. The maximum Gasteiger partial charge on any atom is 0.308 e. The molecular formula is C30H46N2O5. The molecule has 0 radical (unpaired) electrons. The molecule has 7 nitrogen and oxygen atoms in total. The lowest BCUT2D eigenvalue weighted by molar-refractivity contribution is -0.188. The molecule has 1 aromatic carbocycles. The van der Waals surface area contributed by atoms with Crippen LogP contribution >= 0.6 is 0 Å². The van der Waals surface area contributed by atoms with Crippen LogP contribution in [0.5, 0.6) is 5.75 Å². The Labute approximate surface area is 222 Å². The van der Waals surface area contributed by atoms with Crippen molar-refractivity contribution in [2.24, 2.45) is 11.3 Å². The van der Waals surface area contributed by atoms with Gasteiger partial charge in [0.1, 0.15) is 5.75 Å². The molecule has 7 heteroatoms. The van der Waals surface area contributed by atoms with Gasteiger partial charge >= 0.3 is 5.97 Å². The predicted molar refractivity (Wildman–Crippen MR) is 146 cm³/mol. The van der Waals surface area contributed by atoms with Crippen LogP contribution in [0.4, 0.5) is 0 Å². The van der Waals surface area contributed by atoms with Gasteiger partial charge in [0.25, 0.3) is 5.91 Å². The van der Waals surface area contributed by atoms with Gasteiger partial charge < -0.3 is 9.84 Å². The van der Waals surface area contributed by atoms with E-state index >= 15 is 0 Å². The van der Waals surface area contributed by atoms with Crippen LogP contribution < -0.4 is 4.74 Å². The maximum absolute atomic E-state index is 13.5. The summed E-state index contributed by atoms with van der Waals surface area (Å²) >= 11 is 0. The molecule has 2 aliphatic rings. The number of rotatable bonds is 13. The van der Waals surface area contributed by atoms with Crippen LogP contribution in [0.3, 0.4) is 0 Å². The van der Waals surface area contributed by atoms with Gasteiger partial charge in [-0.05, 0) is 55.7 Å². The van der Waals surface area contributed by atoms with Crippen LogP contribution in [0.2, 0.25) is 0 Å². The number of benzene rings is 1. The van der Waals surface area contributed by atoms with E-state index in [1.165, 1.54) is 10.6 Å². The molecule has 0 bridgehead atoms. The molecule has 0 aromatic heterocycles. The van der Waals surface area contributed by atoms with Crippen molar-refractivity contribution in [2.75, 3.05) is 32.8 Å². The molecule has 1 amide bonds. The summed E-state index contributed by atoms with van der Waals surface area (Å²) in [5.74, 6) is -0.830. The number of carbonyl (C=O) groups is 2. The maximum atomic E-state index is 13.5. The zero-order valence-corrected chi connectivity index (χ0v) is 23.6. The van der Waals surface area contributed by atoms with Gasteiger partial charge in [-0.1, -0.05) is 57.9 Å². The van der Waals surface area contributed by atoms with Crippen molar-refractivity contribution in [1.29, 1.82) is 0 Å². The summed E-state index contributed by atoms with van der Waals surface area (Å²) in [5, 5.41) is 12.0. The highest BCUT2D eigenvalue weighted by Gasteiger charge is 2.48. The van der Waals surface area contributed by atoms with Crippen molar-refractivity contribution >= 4 is 11.9 Å². The number of likely N-dealkylation sites (tertiary alicyclic amines) is 1. The molecule has 0 spiro atoms. The average Bonchev–Trinajstić information content (AvgIpc) is 3.42. The summed E-state index contributed by atoms with van der Waals surface area (Å²) < 4.78 is 5.68. The first kappa shape index (κ1) is 29.2. The summed E-state index contributed by atoms with van der Waals surface area (Å²) in [6.07, 6.45) is 6.36. The molecule has 1 saturated heterocycles. The summed E-state index contributed by atoms with van der Waals surface area (Å²) in [7, 11) is 0. The number of carbonyl (C=O) groups excluding carboxylic acids is 1. The van der Waals surface area contributed by atoms with Gasteiger partial charge in [0.15, 0.2) is 0 Å². The first-order valence-electron chi connectivity index (χ1n) is 13.9. The fraction of sp³-hybridized carbons (Fsp3) is 0.667. The number of unbranched alkanes of at least 4 members (excludes halogenated alkanes) is 1. The molecule has 3 atom stereocenters. The predicted octanol–water partition coefficient (Wildman–Crippen LogP) is 5.44. The van der Waals surface area contributed by atoms with Crippen LogP contribution in [-0.2, 0) is 20.8 Å². The van der Waals surface area contributed by atoms with E-state index in [9.17, 15) is 14.7 Å². The van der Waals surface area contributed by atoms with Gasteiger partial charge in [0.05, 0.1) is 25.7 Å². The van der Waals surface area contributed by atoms with Crippen molar-refractivity contribution in [3.8, 4) is 5.75 Å². The minimum Gasteiger partial charge on any atom is -0.493 e. The zero-order valence-electron chi connectivity index (χ0n) is 23.6. The third kappa shape index (κ3) is 7.57. The fourth-order valence-corrected chi connectivity index (χ4v) is 5.92. The molecule has 3 rings (SSSR count). The lowest BCUT2D eigenvalue weighted by atomic mass is 9.77. The topological polar surface area (TPSA) is 79.3 Å². The van der Waals surface area contributed by atoms with Gasteiger partial charge in [0.2, 0.25) is 0 Å². The van der Waals surface area contributed by atoms with Gasteiger partial charge in [-0.2, -0.15) is 0 Å². The lowest BCUT2D eigenvalue weighted by Gasteiger charge is -2.34. The van der Waals surface area contributed by atoms with Crippen LogP contribution in [-0.4, -0.2) is 65.8 Å². The zero-order chi connectivity index (χ0) is 27.2. The molecule has 2 heterocycles. The molecular weight excluding hydrogens is 468 g/mol. The summed E-state index contributed by atoms with van der Waals surface area (Å²) in [4.78, 5) is 34.2. The highest BCUT2D eigenvalue weighted by molar-refractivity contribution is 5.78. The van der Waals surface area contributed by atoms with E-state index in [0.717, 1.165) is 42.6 Å². The highest BCUT2D eigenvalue weighted by Crippen LogP contribution is 2.44. The van der Waals surface area contributed by atoms with Gasteiger partial charge in [-0.15, -0.1) is 0 Å². The van der Waals surface area contributed by atoms with Gasteiger partial charge in [-0.3, -0.25) is 19.3 Å². The van der Waals surface area contributed by atoms with Crippen molar-refractivity contribution in [1.82, 2.24) is 9.96 Å². The van der Waals surface area contributed by atoms with E-state index in [2.05, 4.69) is 51.7 Å². The molecule has 37 heavy (non-hydrogen) atoms. The van der Waals surface area contributed by atoms with Crippen LogP contribution in [0, 0.1) is 11.3 Å². The fourth-order valence-electron chi connectivity index (χ4n) is 5.92. The number of hydrogen-bond acceptors (Lipinski definition) is 5. The van der Waals surface area contributed by atoms with Crippen molar-refractivity contribution in [2.45, 2.75) is 85.6 Å². The Morgan fingerprint density at radius 2 is 2.00 bits per heavy atom. The molecule has 1 N–H and O–H groups in total. The number of nitrogens with zero attached hydrogens (tertiary/aromatic N) is 2. The molecule has 0 unspecified atom stereocenters. The highest BCUT2D eigenvalue weighted by atomic mass is 16.7. The Morgan fingerprint density at radius 1 is 1.24 bits per heavy atom. The number of ether oxygens (including phenoxy) is 1. The standard InChI is InChI=1S/C30H46N2O5/c1-7-9-13-32(37-14-8-2)27(33)20-31-19-24(22-10-11-26-23(16-22)12-15-36-26)28(29(34)35)25(31)18-30(5,6)17-21(3)4/h10-11,16-17,24-25,28H,7-9,12-15,18-20H2,1-6H3,(H,34,35)/t24-,25+,28-/m1/s1. The Bertz CT molecular complexity index is 961. The summed E-state index contributed by atoms with van der Waals surface area (Å²) in [5.41, 5.74) is 3.14. The largest absolute Gasteiger partial charge is 0.493 e. The van der Waals surface area contributed by atoms with Gasteiger partial charge in [-0.25, -0.2) is 5.06 Å². The molecule has 206 valence electrons. The molecule has 2 aliphatic heterocycles. The SMILES string of the molecule is CCCCN(OCCC)C(=O)CN1C[C@H](c2ccc3c(c2)CCO3)[C@@H](C(=O)O)[C@@H]1CC(C)(C)C=C(C)C. The van der Waals surface area contributed by atoms with Crippen molar-refractivity contribution in [3.05, 3.63) is 41.0 Å². The second kappa shape index (κ2) is 12.9. The van der Waals surface area contributed by atoms with Crippen molar-refractivity contribution in [3.63, 3.8) is 0 Å². The van der Waals surface area contributed by atoms with E-state index in [4.69, 9.17) is 9.57 Å². The van der Waals surface area contributed by atoms with Crippen LogP contribution in [0.15, 0.2) is 29.8 Å². The Morgan fingerprint density at radius 3 is 2.65 bits per heavy atom. The smallest absolute Gasteiger partial charge is 0.308 e. The second-order valence-electron chi connectivity index (χ2n) is 11.5. The number of allylic oxidation sites excluding steroid dienone is 2. The number of fused-ring (bicyclic) bond motifs is 1. The van der Waals surface area contributed by atoms with E-state index in [-0.39, 0.29) is 29.8 Å². The van der Waals surface area contributed by atoms with E-state index in [1.807, 2.05) is 19.1 Å². The van der Waals surface area contributed by atoms with E-state index < -0.39 is 11.9 Å². The summed E-state index contributed by atoms with van der Waals surface area (Å²) in [6.45, 7) is 14.9. The van der Waals surface area contributed by atoms with Crippen molar-refractivity contribution < 1.29 is 24.3 Å². The monoisotopic (exact) mass is 514 g/mol. The Balaban J connectivity index is 1.93. The number of hydrogen-bond donors (Lipinski definition) is 1. The normalized spacial score (nSPS) is 21.4. The van der Waals surface area contributed by atoms with E-state index in [1.54, 1.807) is 0 Å². The lowest BCUT2D eigenvalue weighted by Crippen LogP contribution is -2.45. The van der Waals surface area contributed by atoms with Crippen LogP contribution in [0.25, 0.3) is 0 Å². The number of hydroxylamine groups is 2. The second-order valence-corrected chi connectivity index (χ2v) is 11.5. The van der Waals surface area contributed by atoms with Gasteiger partial charge in [0, 0.05) is 31.5 Å². The number of amides is 1. The minimum absolute atomic E-state index is 0.0981. The third-order valence-corrected chi connectivity index (χ3v) is 7.37. The average molecular weight is 515 g/mol. The molecule has 1 fully saturated rings. The minimum atomic E-state index is -0.806. The quantitative estimate of drug-likeness (QED) is 0.279. The third-order valence-electron chi connectivity index (χ3n) is 7.37. The first-order chi connectivity index (χ1) is 17.6. The first-order valence-corrected chi connectivity index (χ1v) is 13.9. The summed E-state index contributed by atoms with van der Waals surface area (Å²) in [6, 6.07) is 5.81. The van der Waals surface area contributed by atoms with E-state index in [0.29, 0.717) is 32.7 Å². The number of carboxylic acids is 1.